The number of carbonyl (C=O) groups excluding carboxylic acids is 2. The van der Waals surface area contributed by atoms with Crippen molar-refractivity contribution in [1.29, 1.82) is 0 Å². The third kappa shape index (κ3) is 4.39. The Balaban J connectivity index is 1.50. The lowest BCUT2D eigenvalue weighted by atomic mass is 10.1. The number of amides is 1. The van der Waals surface area contributed by atoms with Gasteiger partial charge in [-0.05, 0) is 62.4 Å². The lowest BCUT2D eigenvalue weighted by molar-refractivity contribution is -0.117. The Bertz CT molecular complexity index is 1630. The van der Waals surface area contributed by atoms with Crippen LogP contribution in [0, 0.1) is 6.92 Å². The van der Waals surface area contributed by atoms with Gasteiger partial charge >= 0.3 is 5.69 Å². The van der Waals surface area contributed by atoms with Gasteiger partial charge in [0, 0.05) is 11.3 Å². The molecule has 0 bridgehead atoms. The Hall–Kier alpha value is -4.79. The van der Waals surface area contributed by atoms with Crippen LogP contribution in [0.2, 0.25) is 0 Å². The van der Waals surface area contributed by atoms with E-state index in [0.29, 0.717) is 28.0 Å². The summed E-state index contributed by atoms with van der Waals surface area (Å²) in [5.41, 5.74) is 2.94. The zero-order valence-corrected chi connectivity index (χ0v) is 19.1. The molecule has 3 aromatic carbocycles. The Morgan fingerprint density at radius 2 is 1.69 bits per heavy atom. The molecule has 0 saturated carbocycles. The van der Waals surface area contributed by atoms with Crippen molar-refractivity contribution in [3.8, 4) is 11.6 Å². The van der Waals surface area contributed by atoms with Crippen molar-refractivity contribution in [2.75, 3.05) is 5.32 Å². The number of fused-ring (bicyclic) bond motifs is 3. The fraction of sp³-hybridized carbons (Fsp3) is 0.115. The number of hydrogen-bond donors (Lipinski definition) is 1. The van der Waals surface area contributed by atoms with Gasteiger partial charge in [-0.1, -0.05) is 29.8 Å². The molecular formula is C26H21N5O4. The highest BCUT2D eigenvalue weighted by Crippen LogP contribution is 2.26. The number of carbonyl (C=O) groups is 2. The molecule has 35 heavy (non-hydrogen) atoms. The summed E-state index contributed by atoms with van der Waals surface area (Å²) in [6.45, 7) is 3.13. The van der Waals surface area contributed by atoms with Crippen molar-refractivity contribution < 1.29 is 14.3 Å². The molecule has 2 heterocycles. The number of rotatable bonds is 6. The Labute approximate surface area is 199 Å². The minimum absolute atomic E-state index is 0.0661. The van der Waals surface area contributed by atoms with E-state index in [0.717, 1.165) is 10.2 Å². The number of para-hydroxylation sites is 2. The van der Waals surface area contributed by atoms with Crippen molar-refractivity contribution in [1.82, 2.24) is 19.2 Å². The van der Waals surface area contributed by atoms with Crippen LogP contribution in [0.5, 0.6) is 11.6 Å². The molecule has 2 aromatic heterocycles. The van der Waals surface area contributed by atoms with Gasteiger partial charge in [0.25, 0.3) is 5.88 Å². The molecule has 1 amide bonds. The number of Topliss-reactive ketones (excluding diaryl/α,β-unsaturated/α-hetero) is 1. The van der Waals surface area contributed by atoms with Gasteiger partial charge in [0.05, 0.1) is 11.0 Å². The van der Waals surface area contributed by atoms with Crippen molar-refractivity contribution in [2.45, 2.75) is 20.4 Å². The zero-order chi connectivity index (χ0) is 24.5. The fourth-order valence-corrected chi connectivity index (χ4v) is 3.68. The van der Waals surface area contributed by atoms with E-state index in [4.69, 9.17) is 4.74 Å². The SMILES string of the molecule is CC(=O)c1ccc(NC(=O)Cn2nc3c(Oc4ccc(C)cc4)nc4ccccc4n3c2=O)cc1. The smallest absolute Gasteiger partial charge is 0.351 e. The first-order valence-electron chi connectivity index (χ1n) is 10.9. The van der Waals surface area contributed by atoms with E-state index in [2.05, 4.69) is 15.4 Å². The van der Waals surface area contributed by atoms with Gasteiger partial charge in [-0.3, -0.25) is 9.59 Å². The Morgan fingerprint density at radius 3 is 2.40 bits per heavy atom. The number of ether oxygens (including phenoxy) is 1. The van der Waals surface area contributed by atoms with Gasteiger partial charge in [0.15, 0.2) is 5.78 Å². The van der Waals surface area contributed by atoms with Gasteiger partial charge in [-0.25, -0.2) is 18.9 Å². The van der Waals surface area contributed by atoms with Crippen molar-refractivity contribution in [3.05, 3.63) is 94.4 Å². The topological polar surface area (TPSA) is 108 Å². The van der Waals surface area contributed by atoms with Crippen LogP contribution in [-0.4, -0.2) is 30.9 Å². The van der Waals surface area contributed by atoms with Gasteiger partial charge in [0.2, 0.25) is 11.6 Å². The first kappa shape index (κ1) is 22.0. The summed E-state index contributed by atoms with van der Waals surface area (Å²) in [6.07, 6.45) is 0. The molecular weight excluding hydrogens is 446 g/mol. The van der Waals surface area contributed by atoms with E-state index < -0.39 is 11.6 Å². The minimum Gasteiger partial charge on any atom is -0.436 e. The van der Waals surface area contributed by atoms with Crippen LogP contribution >= 0.6 is 0 Å². The molecule has 0 aliphatic heterocycles. The Kier molecular flexibility index (Phi) is 5.58. The monoisotopic (exact) mass is 467 g/mol. The maximum Gasteiger partial charge on any atom is 0.351 e. The number of benzene rings is 3. The van der Waals surface area contributed by atoms with Gasteiger partial charge in [0.1, 0.15) is 12.3 Å². The lowest BCUT2D eigenvalue weighted by Gasteiger charge is -2.07. The van der Waals surface area contributed by atoms with Crippen LogP contribution in [0.4, 0.5) is 5.69 Å². The van der Waals surface area contributed by atoms with Crippen molar-refractivity contribution >= 4 is 34.1 Å². The van der Waals surface area contributed by atoms with Crippen LogP contribution in [0.3, 0.4) is 0 Å². The summed E-state index contributed by atoms with van der Waals surface area (Å²) >= 11 is 0. The minimum atomic E-state index is -0.491. The predicted molar refractivity (Wildman–Crippen MR) is 131 cm³/mol. The largest absolute Gasteiger partial charge is 0.436 e. The molecule has 5 aromatic rings. The standard InChI is InChI=1S/C26H21N5O4/c1-16-7-13-20(14-8-16)35-25-24-29-30(26(34)31(24)22-6-4-3-5-21(22)28-25)15-23(33)27-19-11-9-18(10-12-19)17(2)32/h3-14H,15H2,1-2H3,(H,27,33). The second kappa shape index (κ2) is 8.86. The molecule has 0 fully saturated rings. The maximum atomic E-state index is 13.3. The maximum absolute atomic E-state index is 13.3. The third-order valence-electron chi connectivity index (χ3n) is 5.48. The summed E-state index contributed by atoms with van der Waals surface area (Å²) in [5.74, 6) is 0.200. The summed E-state index contributed by atoms with van der Waals surface area (Å²) in [6, 6.07) is 21.1. The van der Waals surface area contributed by atoms with Crippen LogP contribution in [-0.2, 0) is 11.3 Å². The van der Waals surface area contributed by atoms with Gasteiger partial charge < -0.3 is 10.1 Å². The number of aryl methyl sites for hydroxylation is 1. The van der Waals surface area contributed by atoms with E-state index in [1.165, 1.54) is 11.3 Å². The highest BCUT2D eigenvalue weighted by molar-refractivity contribution is 5.95. The number of hydrogen-bond acceptors (Lipinski definition) is 6. The third-order valence-corrected chi connectivity index (χ3v) is 5.48. The normalized spacial score (nSPS) is 11.0. The second-order valence-electron chi connectivity index (χ2n) is 8.10. The average molecular weight is 467 g/mol. The highest BCUT2D eigenvalue weighted by atomic mass is 16.5. The van der Waals surface area contributed by atoms with E-state index in [9.17, 15) is 14.4 Å². The Morgan fingerprint density at radius 1 is 0.971 bits per heavy atom. The molecule has 0 unspecified atom stereocenters. The van der Waals surface area contributed by atoms with E-state index in [1.807, 2.05) is 37.3 Å². The summed E-state index contributed by atoms with van der Waals surface area (Å²) < 4.78 is 8.44. The van der Waals surface area contributed by atoms with Crippen LogP contribution in [0.15, 0.2) is 77.6 Å². The molecule has 0 atom stereocenters. The predicted octanol–water partition coefficient (Wildman–Crippen LogP) is 3.99. The van der Waals surface area contributed by atoms with E-state index in [-0.39, 0.29) is 23.9 Å². The molecule has 9 nitrogen and oxygen atoms in total. The number of anilines is 1. The van der Waals surface area contributed by atoms with E-state index >= 15 is 0 Å². The number of nitrogens with one attached hydrogen (secondary N) is 1. The lowest BCUT2D eigenvalue weighted by Crippen LogP contribution is -2.28. The molecule has 0 saturated heterocycles. The first-order chi connectivity index (χ1) is 16.9. The number of aromatic nitrogens is 4. The summed E-state index contributed by atoms with van der Waals surface area (Å²) in [4.78, 5) is 41.9. The van der Waals surface area contributed by atoms with Gasteiger partial charge in [-0.15, -0.1) is 5.10 Å². The summed E-state index contributed by atoms with van der Waals surface area (Å²) in [7, 11) is 0. The summed E-state index contributed by atoms with van der Waals surface area (Å²) in [5, 5.41) is 7.09. The fourth-order valence-electron chi connectivity index (χ4n) is 3.68. The number of nitrogens with zero attached hydrogens (tertiary/aromatic N) is 4. The molecule has 0 aliphatic carbocycles. The van der Waals surface area contributed by atoms with Crippen molar-refractivity contribution in [3.63, 3.8) is 0 Å². The molecule has 174 valence electrons. The quantitative estimate of drug-likeness (QED) is 0.379. The second-order valence-corrected chi connectivity index (χ2v) is 8.10. The van der Waals surface area contributed by atoms with Gasteiger partial charge in [-0.2, -0.15) is 0 Å². The molecule has 0 spiro atoms. The zero-order valence-electron chi connectivity index (χ0n) is 19.1. The molecule has 1 N–H and O–H groups in total. The molecule has 9 heteroatoms. The average Bonchev–Trinajstić information content (AvgIpc) is 3.17. The van der Waals surface area contributed by atoms with E-state index in [1.54, 1.807) is 42.5 Å². The number of ketones is 1. The van der Waals surface area contributed by atoms with Crippen LogP contribution in [0.1, 0.15) is 22.8 Å². The van der Waals surface area contributed by atoms with Crippen LogP contribution in [0.25, 0.3) is 16.7 Å². The molecule has 5 rings (SSSR count). The van der Waals surface area contributed by atoms with Crippen LogP contribution < -0.4 is 15.7 Å². The molecule has 0 radical (unpaired) electrons. The molecule has 0 aliphatic rings. The first-order valence-corrected chi connectivity index (χ1v) is 10.9. The van der Waals surface area contributed by atoms with Crippen molar-refractivity contribution in [2.24, 2.45) is 0 Å². The highest BCUT2D eigenvalue weighted by Gasteiger charge is 2.19.